The second-order valence-corrected chi connectivity index (χ2v) is 6.00. The maximum atomic E-state index is 14.0. The fourth-order valence-electron chi connectivity index (χ4n) is 3.24. The van der Waals surface area contributed by atoms with E-state index in [-0.39, 0.29) is 5.82 Å². The van der Waals surface area contributed by atoms with E-state index in [1.54, 1.807) is 6.07 Å². The van der Waals surface area contributed by atoms with E-state index >= 15 is 0 Å². The van der Waals surface area contributed by atoms with Crippen molar-refractivity contribution < 1.29 is 4.39 Å². The lowest BCUT2D eigenvalue weighted by Crippen LogP contribution is -2.26. The number of hydrogen-bond acceptors (Lipinski definition) is 1. The van der Waals surface area contributed by atoms with Gasteiger partial charge < -0.3 is 5.32 Å². The highest BCUT2D eigenvalue weighted by atomic mass is 19.1. The number of nitrogens with one attached hydrogen (secondary N) is 1. The predicted octanol–water partition coefficient (Wildman–Crippen LogP) is 3.77. The van der Waals surface area contributed by atoms with Gasteiger partial charge in [0.05, 0.1) is 0 Å². The van der Waals surface area contributed by atoms with E-state index in [2.05, 4.69) is 18.3 Å². The SMILES string of the molecule is Cc1ccc(F)c(C2CCCC2CNC2CC2)c1. The summed E-state index contributed by atoms with van der Waals surface area (Å²) in [5.74, 6) is 1.04. The molecule has 0 heterocycles. The summed E-state index contributed by atoms with van der Waals surface area (Å²) in [6.45, 7) is 3.12. The van der Waals surface area contributed by atoms with Gasteiger partial charge in [0.15, 0.2) is 0 Å². The van der Waals surface area contributed by atoms with Gasteiger partial charge >= 0.3 is 0 Å². The molecule has 0 aliphatic heterocycles. The minimum absolute atomic E-state index is 0.0103. The van der Waals surface area contributed by atoms with Crippen LogP contribution in [0.4, 0.5) is 4.39 Å². The fraction of sp³-hybridized carbons (Fsp3) is 0.625. The van der Waals surface area contributed by atoms with E-state index in [0.717, 1.165) is 24.6 Å². The van der Waals surface area contributed by atoms with Crippen molar-refractivity contribution >= 4 is 0 Å². The first kappa shape index (κ1) is 12.2. The van der Waals surface area contributed by atoms with Gasteiger partial charge in [-0.15, -0.1) is 0 Å². The monoisotopic (exact) mass is 247 g/mol. The number of rotatable bonds is 4. The van der Waals surface area contributed by atoms with Gasteiger partial charge in [0.2, 0.25) is 0 Å². The van der Waals surface area contributed by atoms with Gasteiger partial charge in [-0.05, 0) is 62.6 Å². The predicted molar refractivity (Wildman–Crippen MR) is 72.2 cm³/mol. The molecule has 1 N–H and O–H groups in total. The van der Waals surface area contributed by atoms with Crippen LogP contribution in [-0.2, 0) is 0 Å². The highest BCUT2D eigenvalue weighted by Gasteiger charge is 2.31. The van der Waals surface area contributed by atoms with Gasteiger partial charge in [0.25, 0.3) is 0 Å². The summed E-state index contributed by atoms with van der Waals surface area (Å²) in [4.78, 5) is 0. The number of benzene rings is 1. The van der Waals surface area contributed by atoms with Gasteiger partial charge in [-0.2, -0.15) is 0 Å². The summed E-state index contributed by atoms with van der Waals surface area (Å²) in [7, 11) is 0. The van der Waals surface area contributed by atoms with Gasteiger partial charge in [0, 0.05) is 6.04 Å². The minimum Gasteiger partial charge on any atom is -0.314 e. The summed E-state index contributed by atoms with van der Waals surface area (Å²) < 4.78 is 14.0. The Bertz CT molecular complexity index is 425. The lowest BCUT2D eigenvalue weighted by molar-refractivity contribution is 0.431. The molecule has 2 aliphatic carbocycles. The second-order valence-electron chi connectivity index (χ2n) is 6.00. The zero-order valence-corrected chi connectivity index (χ0v) is 11.1. The van der Waals surface area contributed by atoms with E-state index < -0.39 is 0 Å². The zero-order valence-electron chi connectivity index (χ0n) is 11.1. The van der Waals surface area contributed by atoms with Crippen LogP contribution in [0.15, 0.2) is 18.2 Å². The maximum absolute atomic E-state index is 14.0. The molecule has 2 fully saturated rings. The molecule has 2 atom stereocenters. The van der Waals surface area contributed by atoms with E-state index in [1.165, 1.54) is 31.2 Å². The number of hydrogen-bond donors (Lipinski definition) is 1. The lowest BCUT2D eigenvalue weighted by atomic mass is 9.87. The summed E-state index contributed by atoms with van der Waals surface area (Å²) in [5, 5.41) is 3.61. The highest BCUT2D eigenvalue weighted by Crippen LogP contribution is 2.40. The summed E-state index contributed by atoms with van der Waals surface area (Å²) in [5.41, 5.74) is 2.13. The van der Waals surface area contributed by atoms with E-state index in [4.69, 9.17) is 0 Å². The molecule has 1 aromatic carbocycles. The van der Waals surface area contributed by atoms with Crippen molar-refractivity contribution in [3.8, 4) is 0 Å². The molecule has 1 nitrogen and oxygen atoms in total. The van der Waals surface area contributed by atoms with E-state index in [0.29, 0.717) is 11.8 Å². The largest absolute Gasteiger partial charge is 0.314 e. The van der Waals surface area contributed by atoms with E-state index in [1.807, 2.05) is 6.07 Å². The molecule has 2 saturated carbocycles. The maximum Gasteiger partial charge on any atom is 0.126 e. The minimum atomic E-state index is -0.0103. The smallest absolute Gasteiger partial charge is 0.126 e. The van der Waals surface area contributed by atoms with Gasteiger partial charge in [-0.1, -0.05) is 24.1 Å². The normalized spacial score (nSPS) is 27.7. The highest BCUT2D eigenvalue weighted by molar-refractivity contribution is 5.28. The lowest BCUT2D eigenvalue weighted by Gasteiger charge is -2.21. The molecule has 18 heavy (non-hydrogen) atoms. The Morgan fingerprint density at radius 1 is 1.22 bits per heavy atom. The fourth-order valence-corrected chi connectivity index (χ4v) is 3.24. The van der Waals surface area contributed by atoms with Crippen LogP contribution in [-0.4, -0.2) is 12.6 Å². The van der Waals surface area contributed by atoms with Gasteiger partial charge in [0.1, 0.15) is 5.82 Å². The van der Waals surface area contributed by atoms with Crippen molar-refractivity contribution in [2.24, 2.45) is 5.92 Å². The summed E-state index contributed by atoms with van der Waals surface area (Å²) >= 11 is 0. The van der Waals surface area contributed by atoms with E-state index in [9.17, 15) is 4.39 Å². The molecule has 2 aliphatic rings. The molecule has 0 amide bonds. The Labute approximate surface area is 109 Å². The summed E-state index contributed by atoms with van der Waals surface area (Å²) in [6.07, 6.45) is 6.30. The van der Waals surface area contributed by atoms with Crippen LogP contribution in [0.25, 0.3) is 0 Å². The Balaban J connectivity index is 1.73. The third-order valence-corrected chi connectivity index (χ3v) is 4.46. The Morgan fingerprint density at radius 2 is 2.06 bits per heavy atom. The third-order valence-electron chi connectivity index (χ3n) is 4.46. The van der Waals surface area contributed by atoms with Crippen molar-refractivity contribution in [1.29, 1.82) is 0 Å². The molecular formula is C16H22FN. The summed E-state index contributed by atoms with van der Waals surface area (Å²) in [6, 6.07) is 6.31. The Hall–Kier alpha value is -0.890. The van der Waals surface area contributed by atoms with Crippen molar-refractivity contribution in [3.63, 3.8) is 0 Å². The molecule has 0 spiro atoms. The molecular weight excluding hydrogens is 225 g/mol. The Kier molecular flexibility index (Phi) is 3.38. The second kappa shape index (κ2) is 5.00. The van der Waals surface area contributed by atoms with Crippen molar-refractivity contribution in [2.75, 3.05) is 6.54 Å². The molecule has 0 radical (unpaired) electrons. The molecule has 0 saturated heterocycles. The average Bonchev–Trinajstić information content (AvgIpc) is 3.08. The topological polar surface area (TPSA) is 12.0 Å². The van der Waals surface area contributed by atoms with Crippen LogP contribution >= 0.6 is 0 Å². The van der Waals surface area contributed by atoms with Gasteiger partial charge in [-0.25, -0.2) is 4.39 Å². The van der Waals surface area contributed by atoms with Crippen molar-refractivity contribution in [2.45, 2.75) is 51.0 Å². The van der Waals surface area contributed by atoms with Crippen LogP contribution < -0.4 is 5.32 Å². The van der Waals surface area contributed by atoms with Crippen molar-refractivity contribution in [1.82, 2.24) is 5.32 Å². The van der Waals surface area contributed by atoms with Gasteiger partial charge in [-0.3, -0.25) is 0 Å². The number of aryl methyl sites for hydroxylation is 1. The Morgan fingerprint density at radius 3 is 2.83 bits per heavy atom. The van der Waals surface area contributed by atoms with Crippen LogP contribution in [0.2, 0.25) is 0 Å². The molecule has 3 rings (SSSR count). The standard InChI is InChI=1S/C16H22FN/c1-11-5-8-16(17)15(9-11)14-4-2-3-12(14)10-18-13-6-7-13/h5,8-9,12-14,18H,2-4,6-7,10H2,1H3. The van der Waals surface area contributed by atoms with Crippen LogP contribution in [0, 0.1) is 18.7 Å². The molecule has 98 valence electrons. The average molecular weight is 247 g/mol. The van der Waals surface area contributed by atoms with Crippen LogP contribution in [0.1, 0.15) is 49.1 Å². The molecule has 2 unspecified atom stereocenters. The number of halogens is 1. The third kappa shape index (κ3) is 2.59. The first-order valence-electron chi connectivity index (χ1n) is 7.23. The zero-order chi connectivity index (χ0) is 12.5. The molecule has 2 heteroatoms. The first-order valence-corrected chi connectivity index (χ1v) is 7.23. The quantitative estimate of drug-likeness (QED) is 0.854. The van der Waals surface area contributed by atoms with Crippen LogP contribution in [0.3, 0.4) is 0 Å². The van der Waals surface area contributed by atoms with Crippen LogP contribution in [0.5, 0.6) is 0 Å². The molecule has 0 aromatic heterocycles. The molecule has 0 bridgehead atoms. The first-order chi connectivity index (χ1) is 8.74. The molecule has 1 aromatic rings. The van der Waals surface area contributed by atoms with Crippen molar-refractivity contribution in [3.05, 3.63) is 35.1 Å².